The summed E-state index contributed by atoms with van der Waals surface area (Å²) in [7, 11) is 0. The summed E-state index contributed by atoms with van der Waals surface area (Å²) in [4.78, 5) is 0. The first-order valence-corrected chi connectivity index (χ1v) is 3.92. The molecule has 68 valence electrons. The van der Waals surface area contributed by atoms with Crippen LogP contribution in [0.2, 0.25) is 0 Å². The lowest BCUT2D eigenvalue weighted by molar-refractivity contribution is 0.305. The van der Waals surface area contributed by atoms with Crippen LogP contribution in [0.25, 0.3) is 0 Å². The topological polar surface area (TPSA) is 66.5 Å². The standard InChI is InChI=1S/C10H11NO2/c11-10-7-9(13)5-4-8(10)3-1-2-6-12/h4-5,7,12-13H,2,6,11H2. The predicted molar refractivity (Wildman–Crippen MR) is 51.1 cm³/mol. The van der Waals surface area contributed by atoms with Gasteiger partial charge in [0.2, 0.25) is 0 Å². The minimum absolute atomic E-state index is 0.0466. The van der Waals surface area contributed by atoms with Gasteiger partial charge in [-0.2, -0.15) is 0 Å². The van der Waals surface area contributed by atoms with Crippen LogP contribution >= 0.6 is 0 Å². The zero-order chi connectivity index (χ0) is 9.68. The van der Waals surface area contributed by atoms with Crippen molar-refractivity contribution in [2.75, 3.05) is 12.3 Å². The fourth-order valence-corrected chi connectivity index (χ4v) is 0.878. The number of hydrogen-bond acceptors (Lipinski definition) is 3. The van der Waals surface area contributed by atoms with Gasteiger partial charge in [-0.1, -0.05) is 11.8 Å². The predicted octanol–water partition coefficient (Wildman–Crippen LogP) is 0.708. The van der Waals surface area contributed by atoms with Crippen molar-refractivity contribution in [3.05, 3.63) is 23.8 Å². The Kier molecular flexibility index (Phi) is 3.18. The molecule has 1 aromatic carbocycles. The Morgan fingerprint density at radius 2 is 2.15 bits per heavy atom. The molecule has 4 N–H and O–H groups in total. The molecular weight excluding hydrogens is 166 g/mol. The maximum Gasteiger partial charge on any atom is 0.117 e. The first-order chi connectivity index (χ1) is 6.24. The minimum Gasteiger partial charge on any atom is -0.508 e. The molecule has 0 aliphatic carbocycles. The van der Waals surface area contributed by atoms with Gasteiger partial charge in [0, 0.05) is 18.1 Å². The van der Waals surface area contributed by atoms with Crippen LogP contribution in [0.5, 0.6) is 5.75 Å². The van der Waals surface area contributed by atoms with E-state index in [4.69, 9.17) is 15.9 Å². The number of nitrogens with two attached hydrogens (primary N) is 1. The van der Waals surface area contributed by atoms with Gasteiger partial charge in [-0.3, -0.25) is 0 Å². The normalized spacial score (nSPS) is 9.00. The van der Waals surface area contributed by atoms with Gasteiger partial charge < -0.3 is 15.9 Å². The summed E-state index contributed by atoms with van der Waals surface area (Å²) in [5, 5.41) is 17.5. The Morgan fingerprint density at radius 3 is 2.77 bits per heavy atom. The molecule has 0 aliphatic rings. The third-order valence-corrected chi connectivity index (χ3v) is 1.50. The van der Waals surface area contributed by atoms with E-state index in [9.17, 15) is 0 Å². The lowest BCUT2D eigenvalue weighted by atomic mass is 10.2. The van der Waals surface area contributed by atoms with E-state index in [1.54, 1.807) is 6.07 Å². The Bertz CT molecular complexity index is 350. The molecule has 3 heteroatoms. The van der Waals surface area contributed by atoms with Crippen molar-refractivity contribution in [2.24, 2.45) is 0 Å². The molecular formula is C10H11NO2. The molecule has 0 spiro atoms. The van der Waals surface area contributed by atoms with Crippen molar-refractivity contribution < 1.29 is 10.2 Å². The average Bonchev–Trinajstić information content (AvgIpc) is 2.09. The summed E-state index contributed by atoms with van der Waals surface area (Å²) in [6, 6.07) is 4.62. The highest BCUT2D eigenvalue weighted by Gasteiger charge is 1.95. The molecule has 0 aliphatic heterocycles. The maximum absolute atomic E-state index is 9.04. The van der Waals surface area contributed by atoms with Crippen LogP contribution in [0.15, 0.2) is 18.2 Å². The zero-order valence-electron chi connectivity index (χ0n) is 7.12. The number of aliphatic hydroxyl groups is 1. The van der Waals surface area contributed by atoms with E-state index in [-0.39, 0.29) is 12.4 Å². The summed E-state index contributed by atoms with van der Waals surface area (Å²) < 4.78 is 0. The third kappa shape index (κ3) is 2.69. The SMILES string of the molecule is Nc1cc(O)ccc1C#CCCO. The zero-order valence-corrected chi connectivity index (χ0v) is 7.12. The van der Waals surface area contributed by atoms with Crippen LogP contribution in [0.3, 0.4) is 0 Å². The molecule has 0 saturated carbocycles. The number of aliphatic hydroxyl groups excluding tert-OH is 1. The molecule has 0 unspecified atom stereocenters. The lowest BCUT2D eigenvalue weighted by Gasteiger charge is -1.97. The molecule has 1 rings (SSSR count). The number of hydrogen-bond donors (Lipinski definition) is 3. The number of phenolic OH excluding ortho intramolecular Hbond substituents is 1. The second-order valence-corrected chi connectivity index (χ2v) is 2.55. The van der Waals surface area contributed by atoms with Gasteiger partial charge in [0.15, 0.2) is 0 Å². The highest BCUT2D eigenvalue weighted by molar-refractivity contribution is 5.58. The van der Waals surface area contributed by atoms with Crippen LogP contribution in [0.1, 0.15) is 12.0 Å². The number of aromatic hydroxyl groups is 1. The maximum atomic E-state index is 9.04. The number of benzene rings is 1. The summed E-state index contributed by atoms with van der Waals surface area (Å²) in [5.41, 5.74) is 6.70. The number of phenols is 1. The van der Waals surface area contributed by atoms with Crippen molar-refractivity contribution in [1.82, 2.24) is 0 Å². The van der Waals surface area contributed by atoms with Gasteiger partial charge in [-0.05, 0) is 12.1 Å². The van der Waals surface area contributed by atoms with Gasteiger partial charge in [-0.15, -0.1) is 0 Å². The van der Waals surface area contributed by atoms with Gasteiger partial charge in [0.05, 0.1) is 12.3 Å². The van der Waals surface area contributed by atoms with E-state index < -0.39 is 0 Å². The fraction of sp³-hybridized carbons (Fsp3) is 0.200. The van der Waals surface area contributed by atoms with Gasteiger partial charge in [0.25, 0.3) is 0 Å². The summed E-state index contributed by atoms with van der Waals surface area (Å²) >= 11 is 0. The van der Waals surface area contributed by atoms with Gasteiger partial charge in [-0.25, -0.2) is 0 Å². The van der Waals surface area contributed by atoms with Gasteiger partial charge >= 0.3 is 0 Å². The monoisotopic (exact) mass is 177 g/mol. The van der Waals surface area contributed by atoms with Gasteiger partial charge in [0.1, 0.15) is 5.75 Å². The Labute approximate surface area is 76.8 Å². The van der Waals surface area contributed by atoms with Crippen molar-refractivity contribution >= 4 is 5.69 Å². The molecule has 0 radical (unpaired) electrons. The van der Waals surface area contributed by atoms with Crippen molar-refractivity contribution in [1.29, 1.82) is 0 Å². The smallest absolute Gasteiger partial charge is 0.117 e. The molecule has 0 saturated heterocycles. The van der Waals surface area contributed by atoms with E-state index in [1.807, 2.05) is 0 Å². The molecule has 0 bridgehead atoms. The largest absolute Gasteiger partial charge is 0.508 e. The molecule has 13 heavy (non-hydrogen) atoms. The van der Waals surface area contributed by atoms with Crippen LogP contribution in [0, 0.1) is 11.8 Å². The molecule has 0 fully saturated rings. The van der Waals surface area contributed by atoms with Crippen LogP contribution < -0.4 is 5.73 Å². The number of rotatable bonds is 1. The van der Waals surface area contributed by atoms with Crippen molar-refractivity contribution in [2.45, 2.75) is 6.42 Å². The summed E-state index contributed by atoms with van der Waals surface area (Å²) in [6.07, 6.45) is 0.431. The molecule has 3 nitrogen and oxygen atoms in total. The minimum atomic E-state index is 0.0466. The van der Waals surface area contributed by atoms with E-state index >= 15 is 0 Å². The van der Waals surface area contributed by atoms with Crippen molar-refractivity contribution in [3.63, 3.8) is 0 Å². The Hall–Kier alpha value is -1.66. The number of anilines is 1. The van der Waals surface area contributed by atoms with E-state index in [1.165, 1.54) is 12.1 Å². The Balaban J connectivity index is 2.85. The van der Waals surface area contributed by atoms with Crippen molar-refractivity contribution in [3.8, 4) is 17.6 Å². The Morgan fingerprint density at radius 1 is 1.38 bits per heavy atom. The molecule has 0 atom stereocenters. The van der Waals surface area contributed by atoms with E-state index in [0.717, 1.165) is 0 Å². The molecule has 0 heterocycles. The second kappa shape index (κ2) is 4.39. The first kappa shape index (κ1) is 9.43. The van der Waals surface area contributed by atoms with Crippen LogP contribution in [-0.4, -0.2) is 16.8 Å². The average molecular weight is 177 g/mol. The first-order valence-electron chi connectivity index (χ1n) is 3.92. The third-order valence-electron chi connectivity index (χ3n) is 1.50. The fourth-order valence-electron chi connectivity index (χ4n) is 0.878. The summed E-state index contributed by atoms with van der Waals surface area (Å²) in [6.45, 7) is 0.0466. The molecule has 0 aromatic heterocycles. The lowest BCUT2D eigenvalue weighted by Crippen LogP contribution is -1.89. The summed E-state index contributed by atoms with van der Waals surface area (Å²) in [5.74, 6) is 5.67. The van der Waals surface area contributed by atoms with E-state index in [2.05, 4.69) is 11.8 Å². The second-order valence-electron chi connectivity index (χ2n) is 2.55. The highest BCUT2D eigenvalue weighted by Crippen LogP contribution is 2.17. The van der Waals surface area contributed by atoms with Crippen LogP contribution in [0.4, 0.5) is 5.69 Å². The quantitative estimate of drug-likeness (QED) is 0.437. The molecule has 0 amide bonds. The number of nitrogen functional groups attached to an aromatic ring is 1. The van der Waals surface area contributed by atoms with Crippen LogP contribution in [-0.2, 0) is 0 Å². The van der Waals surface area contributed by atoms with E-state index in [0.29, 0.717) is 17.7 Å². The highest BCUT2D eigenvalue weighted by atomic mass is 16.3. The molecule has 1 aromatic rings.